The number of carboxylic acid groups (broad SMARTS) is 1. The summed E-state index contributed by atoms with van der Waals surface area (Å²) in [6, 6.07) is 20.6. The third-order valence-electron chi connectivity index (χ3n) is 5.32. The molecule has 0 fully saturated rings. The van der Waals surface area contributed by atoms with Gasteiger partial charge < -0.3 is 9.84 Å². The van der Waals surface area contributed by atoms with Gasteiger partial charge in [0.15, 0.2) is 6.61 Å². The average Bonchev–Trinajstić information content (AvgIpc) is 3.24. The Morgan fingerprint density at radius 1 is 1.06 bits per heavy atom. The number of nitrogens with zero attached hydrogens (tertiary/aromatic N) is 1. The van der Waals surface area contributed by atoms with Gasteiger partial charge in [-0.25, -0.2) is 9.78 Å². The van der Waals surface area contributed by atoms with E-state index in [9.17, 15) is 18.0 Å². The number of aliphatic carboxylic acids is 1. The molecule has 0 aliphatic carbocycles. The average molecular weight is 530 g/mol. The van der Waals surface area contributed by atoms with Crippen molar-refractivity contribution in [1.82, 2.24) is 4.98 Å². The number of carboxylic acids is 1. The molecule has 0 amide bonds. The van der Waals surface area contributed by atoms with Crippen LogP contribution in [0.4, 0.5) is 13.2 Å². The predicted molar refractivity (Wildman–Crippen MR) is 136 cm³/mol. The van der Waals surface area contributed by atoms with Crippen LogP contribution in [-0.4, -0.2) is 22.7 Å². The summed E-state index contributed by atoms with van der Waals surface area (Å²) in [5.41, 5.74) is 2.79. The largest absolute Gasteiger partial charge is 0.482 e. The van der Waals surface area contributed by atoms with E-state index in [1.807, 2.05) is 49.4 Å². The molecule has 0 spiro atoms. The fourth-order valence-electron chi connectivity index (χ4n) is 3.51. The van der Waals surface area contributed by atoms with Crippen molar-refractivity contribution in [2.24, 2.45) is 0 Å². The first-order chi connectivity index (χ1) is 17.2. The molecule has 0 aliphatic heterocycles. The minimum Gasteiger partial charge on any atom is -0.482 e. The molecular formula is C27H22F3NO3S2. The molecule has 36 heavy (non-hydrogen) atoms. The van der Waals surface area contributed by atoms with Crippen LogP contribution in [0.3, 0.4) is 0 Å². The molecule has 1 heterocycles. The van der Waals surface area contributed by atoms with E-state index in [1.165, 1.54) is 23.5 Å². The summed E-state index contributed by atoms with van der Waals surface area (Å²) >= 11 is 3.09. The standard InChI is InChI=1S/C27H22F3NO3S2/c1-17-13-21(11-12-23(17)34-15-25(32)33)35-16-24-22(14-18-5-3-2-4-6-18)31-26(36-24)19-7-9-20(10-8-19)27(28,29)30/h2-13H,14-16H2,1H3,(H,32,33). The number of aryl methyl sites for hydroxylation is 1. The smallest absolute Gasteiger partial charge is 0.416 e. The van der Waals surface area contributed by atoms with Crippen LogP contribution < -0.4 is 4.74 Å². The van der Waals surface area contributed by atoms with Crippen LogP contribution in [0.2, 0.25) is 0 Å². The molecule has 0 atom stereocenters. The lowest BCUT2D eigenvalue weighted by atomic mass is 10.1. The quantitative estimate of drug-likeness (QED) is 0.228. The van der Waals surface area contributed by atoms with E-state index in [0.29, 0.717) is 28.5 Å². The Kier molecular flexibility index (Phi) is 8.01. The van der Waals surface area contributed by atoms with E-state index >= 15 is 0 Å². The molecule has 0 radical (unpaired) electrons. The minimum absolute atomic E-state index is 0.399. The number of alkyl halides is 3. The summed E-state index contributed by atoms with van der Waals surface area (Å²) in [5, 5.41) is 9.49. The third-order valence-corrected chi connectivity index (χ3v) is 7.67. The van der Waals surface area contributed by atoms with Gasteiger partial charge >= 0.3 is 12.1 Å². The van der Waals surface area contributed by atoms with Gasteiger partial charge in [-0.15, -0.1) is 23.1 Å². The Labute approximate surface area is 214 Å². The van der Waals surface area contributed by atoms with E-state index in [4.69, 9.17) is 14.8 Å². The van der Waals surface area contributed by atoms with Crippen molar-refractivity contribution in [3.63, 3.8) is 0 Å². The van der Waals surface area contributed by atoms with Gasteiger partial charge in [0, 0.05) is 27.5 Å². The van der Waals surface area contributed by atoms with Crippen LogP contribution in [0.5, 0.6) is 5.75 Å². The molecule has 0 saturated heterocycles. The number of rotatable bonds is 9. The molecular weight excluding hydrogens is 507 g/mol. The Morgan fingerprint density at radius 3 is 2.42 bits per heavy atom. The number of hydrogen-bond acceptors (Lipinski definition) is 5. The number of ether oxygens (including phenoxy) is 1. The maximum atomic E-state index is 13.0. The van der Waals surface area contributed by atoms with Gasteiger partial charge in [0.1, 0.15) is 10.8 Å². The lowest BCUT2D eigenvalue weighted by molar-refractivity contribution is -0.139. The molecule has 9 heteroatoms. The number of hydrogen-bond donors (Lipinski definition) is 1. The molecule has 4 aromatic rings. The normalized spacial score (nSPS) is 11.4. The Bertz CT molecular complexity index is 1340. The van der Waals surface area contributed by atoms with Crippen molar-refractivity contribution in [2.45, 2.75) is 30.2 Å². The highest BCUT2D eigenvalue weighted by Crippen LogP contribution is 2.36. The molecule has 0 unspecified atom stereocenters. The summed E-state index contributed by atoms with van der Waals surface area (Å²) in [4.78, 5) is 17.6. The van der Waals surface area contributed by atoms with Crippen molar-refractivity contribution in [2.75, 3.05) is 6.61 Å². The van der Waals surface area contributed by atoms with Crippen molar-refractivity contribution in [3.8, 4) is 16.3 Å². The highest BCUT2D eigenvalue weighted by molar-refractivity contribution is 7.98. The number of carbonyl (C=O) groups is 1. The topological polar surface area (TPSA) is 59.4 Å². The SMILES string of the molecule is Cc1cc(SCc2sc(-c3ccc(C(F)(F)F)cc3)nc2Cc2ccccc2)ccc1OCC(=O)O. The summed E-state index contributed by atoms with van der Waals surface area (Å²) in [7, 11) is 0. The number of aromatic nitrogens is 1. The molecule has 0 saturated carbocycles. The first-order valence-electron chi connectivity index (χ1n) is 11.0. The Hall–Kier alpha value is -3.30. The first kappa shape index (κ1) is 25.8. The minimum atomic E-state index is -4.38. The molecule has 1 aromatic heterocycles. The van der Waals surface area contributed by atoms with Gasteiger partial charge in [-0.2, -0.15) is 13.2 Å². The highest BCUT2D eigenvalue weighted by atomic mass is 32.2. The Morgan fingerprint density at radius 2 is 1.78 bits per heavy atom. The zero-order chi connectivity index (χ0) is 25.7. The van der Waals surface area contributed by atoms with Gasteiger partial charge in [-0.1, -0.05) is 42.5 Å². The predicted octanol–water partition coefficient (Wildman–Crippen LogP) is 7.48. The van der Waals surface area contributed by atoms with Crippen molar-refractivity contribution < 1.29 is 27.8 Å². The number of thioether (sulfide) groups is 1. The van der Waals surface area contributed by atoms with E-state index in [-0.39, 0.29) is 0 Å². The van der Waals surface area contributed by atoms with Gasteiger partial charge in [-0.05, 0) is 48.4 Å². The van der Waals surface area contributed by atoms with Crippen LogP contribution in [-0.2, 0) is 23.1 Å². The Balaban J connectivity index is 1.56. The molecule has 3 aromatic carbocycles. The summed E-state index contributed by atoms with van der Waals surface area (Å²) in [5.74, 6) is 0.122. The summed E-state index contributed by atoms with van der Waals surface area (Å²) in [6.45, 7) is 1.46. The zero-order valence-corrected chi connectivity index (χ0v) is 20.8. The maximum Gasteiger partial charge on any atom is 0.416 e. The van der Waals surface area contributed by atoms with Crippen molar-refractivity contribution in [1.29, 1.82) is 0 Å². The van der Waals surface area contributed by atoms with Crippen LogP contribution in [0.25, 0.3) is 10.6 Å². The summed E-state index contributed by atoms with van der Waals surface area (Å²) in [6.07, 6.45) is -3.76. The fourth-order valence-corrected chi connectivity index (χ4v) is 5.69. The molecule has 0 aliphatic rings. The van der Waals surface area contributed by atoms with Gasteiger partial charge in [0.25, 0.3) is 0 Å². The van der Waals surface area contributed by atoms with Gasteiger partial charge in [-0.3, -0.25) is 0 Å². The van der Waals surface area contributed by atoms with E-state index in [1.54, 1.807) is 17.8 Å². The fraction of sp³-hybridized carbons (Fsp3) is 0.185. The maximum absolute atomic E-state index is 13.0. The molecule has 4 rings (SSSR count). The zero-order valence-electron chi connectivity index (χ0n) is 19.2. The van der Waals surface area contributed by atoms with Crippen molar-refractivity contribution in [3.05, 3.63) is 100 Å². The lowest BCUT2D eigenvalue weighted by Gasteiger charge is -2.09. The third kappa shape index (κ3) is 6.67. The molecule has 4 nitrogen and oxygen atoms in total. The van der Waals surface area contributed by atoms with Crippen LogP contribution >= 0.6 is 23.1 Å². The molecule has 186 valence electrons. The van der Waals surface area contributed by atoms with Crippen LogP contribution in [0.1, 0.15) is 27.3 Å². The van der Waals surface area contributed by atoms with Gasteiger partial charge in [0.05, 0.1) is 11.3 Å². The highest BCUT2D eigenvalue weighted by Gasteiger charge is 2.30. The van der Waals surface area contributed by atoms with Crippen LogP contribution in [0.15, 0.2) is 77.7 Å². The second kappa shape index (κ2) is 11.2. The summed E-state index contributed by atoms with van der Waals surface area (Å²) < 4.78 is 44.2. The molecule has 1 N–H and O–H groups in total. The number of benzene rings is 3. The monoisotopic (exact) mass is 529 g/mol. The second-order valence-corrected chi connectivity index (χ2v) is 10.2. The van der Waals surface area contributed by atoms with E-state index < -0.39 is 24.3 Å². The van der Waals surface area contributed by atoms with E-state index in [0.717, 1.165) is 38.7 Å². The van der Waals surface area contributed by atoms with E-state index in [2.05, 4.69) is 0 Å². The van der Waals surface area contributed by atoms with Crippen molar-refractivity contribution >= 4 is 29.1 Å². The second-order valence-electron chi connectivity index (χ2n) is 8.02. The van der Waals surface area contributed by atoms with Gasteiger partial charge in [0.2, 0.25) is 0 Å². The molecule has 0 bridgehead atoms. The van der Waals surface area contributed by atoms with Crippen LogP contribution in [0, 0.1) is 6.92 Å². The number of thiazole rings is 1. The number of halogens is 3. The lowest BCUT2D eigenvalue weighted by Crippen LogP contribution is -2.09. The first-order valence-corrected chi connectivity index (χ1v) is 12.8.